The predicted octanol–water partition coefficient (Wildman–Crippen LogP) is 1.57. The lowest BCUT2D eigenvalue weighted by atomic mass is 9.97. The number of aliphatic hydroxyl groups excluding tert-OH is 1. The van der Waals surface area contributed by atoms with Crippen molar-refractivity contribution in [3.05, 3.63) is 23.9 Å². The van der Waals surface area contributed by atoms with Crippen LogP contribution >= 0.6 is 0 Å². The van der Waals surface area contributed by atoms with Gasteiger partial charge in [0.1, 0.15) is 5.82 Å². The van der Waals surface area contributed by atoms with Crippen LogP contribution in [0, 0.1) is 17.6 Å². The molecule has 1 aromatic heterocycles. The first kappa shape index (κ1) is 11.3. The average molecular weight is 228 g/mol. The van der Waals surface area contributed by atoms with E-state index in [0.29, 0.717) is 19.5 Å². The van der Waals surface area contributed by atoms with Gasteiger partial charge in [0.2, 0.25) is 0 Å². The van der Waals surface area contributed by atoms with Crippen molar-refractivity contribution in [2.45, 2.75) is 19.4 Å². The maximum Gasteiger partial charge on any atom is 0.168 e. The monoisotopic (exact) mass is 228 g/mol. The summed E-state index contributed by atoms with van der Waals surface area (Å²) in [5.74, 6) is -1.09. The largest absolute Gasteiger partial charge is 0.393 e. The normalized spacial score (nSPS) is 25.9. The summed E-state index contributed by atoms with van der Waals surface area (Å²) in [6.45, 7) is 2.98. The molecule has 2 rings (SSSR count). The number of piperidine rings is 1. The second kappa shape index (κ2) is 4.33. The van der Waals surface area contributed by atoms with Crippen molar-refractivity contribution in [2.75, 3.05) is 18.0 Å². The van der Waals surface area contributed by atoms with E-state index in [2.05, 4.69) is 4.98 Å². The third kappa shape index (κ3) is 2.14. The van der Waals surface area contributed by atoms with E-state index in [1.165, 1.54) is 0 Å². The van der Waals surface area contributed by atoms with E-state index in [0.717, 1.165) is 12.3 Å². The molecule has 1 fully saturated rings. The summed E-state index contributed by atoms with van der Waals surface area (Å²) in [6, 6.07) is 0.831. The van der Waals surface area contributed by atoms with Crippen molar-refractivity contribution in [2.24, 2.45) is 5.92 Å². The lowest BCUT2D eigenvalue weighted by Gasteiger charge is -2.35. The Balaban J connectivity index is 2.18. The predicted molar refractivity (Wildman–Crippen MR) is 56.2 cm³/mol. The molecule has 88 valence electrons. The topological polar surface area (TPSA) is 36.4 Å². The van der Waals surface area contributed by atoms with Crippen LogP contribution in [-0.4, -0.2) is 29.3 Å². The fraction of sp³-hybridized carbons (Fsp3) is 0.545. The Bertz CT molecular complexity index is 386. The van der Waals surface area contributed by atoms with Crippen LogP contribution in [-0.2, 0) is 0 Å². The van der Waals surface area contributed by atoms with Gasteiger partial charge in [0, 0.05) is 19.2 Å². The minimum atomic E-state index is -0.675. The molecule has 1 saturated heterocycles. The number of hydrogen-bond acceptors (Lipinski definition) is 3. The van der Waals surface area contributed by atoms with Gasteiger partial charge in [-0.3, -0.25) is 0 Å². The quantitative estimate of drug-likeness (QED) is 0.792. The number of rotatable bonds is 1. The Hall–Kier alpha value is -1.23. The Morgan fingerprint density at radius 3 is 2.88 bits per heavy atom. The van der Waals surface area contributed by atoms with E-state index < -0.39 is 11.6 Å². The third-order valence-corrected chi connectivity index (χ3v) is 2.95. The maximum absolute atomic E-state index is 13.5. The van der Waals surface area contributed by atoms with E-state index in [-0.39, 0.29) is 17.8 Å². The molecule has 0 amide bonds. The van der Waals surface area contributed by atoms with Gasteiger partial charge in [-0.15, -0.1) is 0 Å². The second-order valence-corrected chi connectivity index (χ2v) is 4.24. The Labute approximate surface area is 92.7 Å². The van der Waals surface area contributed by atoms with E-state index in [4.69, 9.17) is 0 Å². The molecule has 2 heterocycles. The van der Waals surface area contributed by atoms with Crippen molar-refractivity contribution < 1.29 is 13.9 Å². The van der Waals surface area contributed by atoms with Crippen LogP contribution in [0.5, 0.6) is 0 Å². The minimum Gasteiger partial charge on any atom is -0.393 e. The molecule has 16 heavy (non-hydrogen) atoms. The van der Waals surface area contributed by atoms with Gasteiger partial charge < -0.3 is 10.0 Å². The van der Waals surface area contributed by atoms with Gasteiger partial charge in [-0.25, -0.2) is 13.8 Å². The zero-order chi connectivity index (χ0) is 11.7. The van der Waals surface area contributed by atoms with E-state index in [1.54, 1.807) is 4.90 Å². The highest BCUT2D eigenvalue weighted by molar-refractivity contribution is 5.40. The molecule has 0 saturated carbocycles. The van der Waals surface area contributed by atoms with Gasteiger partial charge >= 0.3 is 0 Å². The molecule has 1 aromatic rings. The Morgan fingerprint density at radius 2 is 2.25 bits per heavy atom. The lowest BCUT2D eigenvalue weighted by molar-refractivity contribution is 0.0966. The van der Waals surface area contributed by atoms with Crippen LogP contribution in [0.2, 0.25) is 0 Å². The number of aromatic nitrogens is 1. The second-order valence-electron chi connectivity index (χ2n) is 4.24. The van der Waals surface area contributed by atoms with E-state index in [1.807, 2.05) is 6.92 Å². The first-order valence-corrected chi connectivity index (χ1v) is 5.32. The van der Waals surface area contributed by atoms with Crippen molar-refractivity contribution in [1.29, 1.82) is 0 Å². The number of nitrogens with zero attached hydrogens (tertiary/aromatic N) is 2. The summed E-state index contributed by atoms with van der Waals surface area (Å²) in [5, 5.41) is 9.55. The average Bonchev–Trinajstić information content (AvgIpc) is 2.22. The molecule has 0 spiro atoms. The van der Waals surface area contributed by atoms with Crippen LogP contribution in [0.25, 0.3) is 0 Å². The molecule has 2 unspecified atom stereocenters. The van der Waals surface area contributed by atoms with Crippen molar-refractivity contribution in [3.63, 3.8) is 0 Å². The highest BCUT2D eigenvalue weighted by Crippen LogP contribution is 2.23. The molecule has 5 heteroatoms. The standard InChI is InChI=1S/C11H14F2N2O/c1-7-6-15(3-2-10(7)16)11-9(13)4-8(12)5-14-11/h4-5,7,10,16H,2-3,6H2,1H3. The first-order chi connectivity index (χ1) is 7.58. The molecule has 3 nitrogen and oxygen atoms in total. The minimum absolute atomic E-state index is 0.0694. The van der Waals surface area contributed by atoms with Gasteiger partial charge in [0.25, 0.3) is 0 Å². The van der Waals surface area contributed by atoms with Crippen LogP contribution in [0.15, 0.2) is 12.3 Å². The Kier molecular flexibility index (Phi) is 3.05. The molecule has 2 atom stereocenters. The first-order valence-electron chi connectivity index (χ1n) is 5.32. The smallest absolute Gasteiger partial charge is 0.168 e. The summed E-state index contributed by atoms with van der Waals surface area (Å²) in [7, 11) is 0. The summed E-state index contributed by atoms with van der Waals surface area (Å²) in [5.41, 5.74) is 0. The van der Waals surface area contributed by atoms with E-state index in [9.17, 15) is 13.9 Å². The number of anilines is 1. The fourth-order valence-electron chi connectivity index (χ4n) is 1.97. The maximum atomic E-state index is 13.5. The van der Waals surface area contributed by atoms with Crippen LogP contribution in [0.3, 0.4) is 0 Å². The van der Waals surface area contributed by atoms with Crippen molar-refractivity contribution >= 4 is 5.82 Å². The lowest BCUT2D eigenvalue weighted by Crippen LogP contribution is -2.42. The zero-order valence-corrected chi connectivity index (χ0v) is 9.03. The molecule has 1 N–H and O–H groups in total. The number of aliphatic hydroxyl groups is 1. The summed E-state index contributed by atoms with van der Waals surface area (Å²) in [6.07, 6.45) is 1.24. The van der Waals surface area contributed by atoms with Crippen molar-refractivity contribution in [1.82, 2.24) is 4.98 Å². The fourth-order valence-corrected chi connectivity index (χ4v) is 1.97. The third-order valence-electron chi connectivity index (χ3n) is 2.95. The number of hydrogen-bond donors (Lipinski definition) is 1. The van der Waals surface area contributed by atoms with Crippen LogP contribution < -0.4 is 4.90 Å². The molecule has 0 aromatic carbocycles. The van der Waals surface area contributed by atoms with Gasteiger partial charge in [-0.05, 0) is 12.3 Å². The van der Waals surface area contributed by atoms with Gasteiger partial charge in [-0.2, -0.15) is 0 Å². The molecular weight excluding hydrogens is 214 g/mol. The SMILES string of the molecule is CC1CN(c2ncc(F)cc2F)CCC1O. The molecule has 1 aliphatic rings. The van der Waals surface area contributed by atoms with E-state index >= 15 is 0 Å². The Morgan fingerprint density at radius 1 is 1.50 bits per heavy atom. The van der Waals surface area contributed by atoms with Crippen LogP contribution in [0.1, 0.15) is 13.3 Å². The van der Waals surface area contributed by atoms with Gasteiger partial charge in [0.15, 0.2) is 11.6 Å². The highest BCUT2D eigenvalue weighted by atomic mass is 19.1. The number of pyridine rings is 1. The molecular formula is C11H14F2N2O. The highest BCUT2D eigenvalue weighted by Gasteiger charge is 2.26. The van der Waals surface area contributed by atoms with Gasteiger partial charge in [0.05, 0.1) is 12.3 Å². The summed E-state index contributed by atoms with van der Waals surface area (Å²) in [4.78, 5) is 5.50. The molecule has 0 bridgehead atoms. The molecule has 0 radical (unpaired) electrons. The van der Waals surface area contributed by atoms with Crippen molar-refractivity contribution in [3.8, 4) is 0 Å². The number of halogens is 2. The summed E-state index contributed by atoms with van der Waals surface area (Å²) >= 11 is 0. The zero-order valence-electron chi connectivity index (χ0n) is 9.03. The molecule has 1 aliphatic heterocycles. The van der Waals surface area contributed by atoms with Crippen LogP contribution in [0.4, 0.5) is 14.6 Å². The molecule has 0 aliphatic carbocycles. The summed E-state index contributed by atoms with van der Waals surface area (Å²) < 4.78 is 26.1. The van der Waals surface area contributed by atoms with Gasteiger partial charge in [-0.1, -0.05) is 6.92 Å².